The van der Waals surface area contributed by atoms with Crippen LogP contribution in [-0.2, 0) is 9.47 Å². The predicted octanol–water partition coefficient (Wildman–Crippen LogP) is 2.62. The summed E-state index contributed by atoms with van der Waals surface area (Å²) in [7, 11) is 0. The van der Waals surface area contributed by atoms with Crippen LogP contribution >= 0.6 is 0 Å². The molecule has 0 aromatic heterocycles. The molecule has 1 unspecified atom stereocenters. The van der Waals surface area contributed by atoms with Gasteiger partial charge >= 0.3 is 0 Å². The van der Waals surface area contributed by atoms with Crippen LogP contribution in [0.1, 0.15) is 38.5 Å². The first-order valence-corrected chi connectivity index (χ1v) is 5.50. The van der Waals surface area contributed by atoms with E-state index in [1.54, 1.807) is 0 Å². The van der Waals surface area contributed by atoms with E-state index in [4.69, 9.17) is 16.0 Å². The standard InChI is InChI=1S/C11H19NO2/c1-12-8-4-2-5-9-13-11-7-3-6-10-14-11/h11H,2-10H2. The SMILES string of the molecule is [C-]#[N+]CCCCCOC1CCCCO1. The van der Waals surface area contributed by atoms with Crippen LogP contribution in [0.3, 0.4) is 0 Å². The third-order valence-corrected chi connectivity index (χ3v) is 2.36. The Morgan fingerprint density at radius 2 is 2.21 bits per heavy atom. The molecule has 1 saturated heterocycles. The fraction of sp³-hybridized carbons (Fsp3) is 0.909. The molecule has 14 heavy (non-hydrogen) atoms. The molecule has 0 N–H and O–H groups in total. The number of hydrogen-bond donors (Lipinski definition) is 0. The van der Waals surface area contributed by atoms with Gasteiger partial charge in [-0.05, 0) is 32.1 Å². The number of rotatable bonds is 6. The van der Waals surface area contributed by atoms with E-state index in [0.717, 1.165) is 38.9 Å². The van der Waals surface area contributed by atoms with Gasteiger partial charge < -0.3 is 14.3 Å². The monoisotopic (exact) mass is 197 g/mol. The second-order valence-corrected chi connectivity index (χ2v) is 3.61. The molecule has 0 aliphatic carbocycles. The van der Waals surface area contributed by atoms with Gasteiger partial charge in [0.05, 0.1) is 0 Å². The molecule has 1 aliphatic rings. The molecule has 0 aromatic rings. The van der Waals surface area contributed by atoms with Crippen molar-refractivity contribution in [3.05, 3.63) is 11.4 Å². The largest absolute Gasteiger partial charge is 0.353 e. The van der Waals surface area contributed by atoms with Crippen LogP contribution in [0.15, 0.2) is 0 Å². The maximum atomic E-state index is 6.62. The van der Waals surface area contributed by atoms with E-state index >= 15 is 0 Å². The van der Waals surface area contributed by atoms with Gasteiger partial charge in [0.25, 0.3) is 0 Å². The Labute approximate surface area is 86.2 Å². The van der Waals surface area contributed by atoms with Crippen molar-refractivity contribution in [2.75, 3.05) is 19.8 Å². The summed E-state index contributed by atoms with van der Waals surface area (Å²) < 4.78 is 11.0. The first-order valence-electron chi connectivity index (χ1n) is 5.50. The van der Waals surface area contributed by atoms with E-state index in [0.29, 0.717) is 6.54 Å². The zero-order valence-electron chi connectivity index (χ0n) is 8.71. The fourth-order valence-electron chi connectivity index (χ4n) is 1.53. The van der Waals surface area contributed by atoms with Crippen LogP contribution < -0.4 is 0 Å². The number of nitrogens with zero attached hydrogens (tertiary/aromatic N) is 1. The van der Waals surface area contributed by atoms with Gasteiger partial charge in [0.2, 0.25) is 6.54 Å². The third kappa shape index (κ3) is 5.21. The van der Waals surface area contributed by atoms with Crippen molar-refractivity contribution >= 4 is 0 Å². The molecule has 1 rings (SSSR count). The van der Waals surface area contributed by atoms with E-state index in [9.17, 15) is 0 Å². The second-order valence-electron chi connectivity index (χ2n) is 3.61. The molecule has 80 valence electrons. The van der Waals surface area contributed by atoms with Crippen LogP contribution in [-0.4, -0.2) is 26.0 Å². The Morgan fingerprint density at radius 1 is 1.29 bits per heavy atom. The summed E-state index contributed by atoms with van der Waals surface area (Å²) in [6, 6.07) is 0. The van der Waals surface area contributed by atoms with Gasteiger partial charge in [0.15, 0.2) is 6.29 Å². The molecule has 1 atom stereocenters. The molecule has 1 fully saturated rings. The van der Waals surface area contributed by atoms with Crippen molar-refractivity contribution in [2.24, 2.45) is 0 Å². The predicted molar refractivity (Wildman–Crippen MR) is 54.9 cm³/mol. The summed E-state index contributed by atoms with van der Waals surface area (Å²) in [6.45, 7) is 8.90. The smallest absolute Gasteiger partial charge is 0.214 e. The van der Waals surface area contributed by atoms with Gasteiger partial charge in [0.1, 0.15) is 0 Å². The lowest BCUT2D eigenvalue weighted by Gasteiger charge is -2.22. The van der Waals surface area contributed by atoms with Crippen LogP contribution in [0.4, 0.5) is 0 Å². The Morgan fingerprint density at radius 3 is 2.93 bits per heavy atom. The van der Waals surface area contributed by atoms with Crippen molar-refractivity contribution < 1.29 is 9.47 Å². The van der Waals surface area contributed by atoms with Crippen molar-refractivity contribution in [1.29, 1.82) is 0 Å². The topological polar surface area (TPSA) is 22.8 Å². The number of hydrogen-bond acceptors (Lipinski definition) is 2. The van der Waals surface area contributed by atoms with Gasteiger partial charge in [-0.15, -0.1) is 0 Å². The van der Waals surface area contributed by atoms with Gasteiger partial charge in [0, 0.05) is 19.6 Å². The molecular weight excluding hydrogens is 178 g/mol. The highest BCUT2D eigenvalue weighted by molar-refractivity contribution is 4.58. The van der Waals surface area contributed by atoms with Crippen LogP contribution in [0.25, 0.3) is 4.85 Å². The minimum Gasteiger partial charge on any atom is -0.353 e. The van der Waals surface area contributed by atoms with Crippen molar-refractivity contribution in [3.63, 3.8) is 0 Å². The molecule has 0 amide bonds. The molecule has 0 bridgehead atoms. The van der Waals surface area contributed by atoms with E-state index < -0.39 is 0 Å². The lowest BCUT2D eigenvalue weighted by atomic mass is 10.2. The molecular formula is C11H19NO2. The summed E-state index contributed by atoms with van der Waals surface area (Å²) in [5, 5.41) is 0. The molecule has 0 aromatic carbocycles. The third-order valence-electron chi connectivity index (χ3n) is 2.36. The van der Waals surface area contributed by atoms with Crippen LogP contribution in [0.2, 0.25) is 0 Å². The number of unbranched alkanes of at least 4 members (excludes halogenated alkanes) is 2. The summed E-state index contributed by atoms with van der Waals surface area (Å²) >= 11 is 0. The highest BCUT2D eigenvalue weighted by Crippen LogP contribution is 2.14. The molecule has 3 nitrogen and oxygen atoms in total. The van der Waals surface area contributed by atoms with Gasteiger partial charge in [-0.1, -0.05) is 0 Å². The molecule has 0 radical (unpaired) electrons. The minimum atomic E-state index is 0.0459. The average Bonchev–Trinajstić information content (AvgIpc) is 2.25. The maximum Gasteiger partial charge on any atom is 0.214 e. The molecule has 0 saturated carbocycles. The average molecular weight is 197 g/mol. The summed E-state index contributed by atoms with van der Waals surface area (Å²) in [5.41, 5.74) is 0. The Bertz CT molecular complexity index is 171. The minimum absolute atomic E-state index is 0.0459. The van der Waals surface area contributed by atoms with Gasteiger partial charge in [-0.25, -0.2) is 6.57 Å². The first kappa shape index (κ1) is 11.5. The van der Waals surface area contributed by atoms with Crippen LogP contribution in [0, 0.1) is 6.57 Å². The Balaban J connectivity index is 1.85. The van der Waals surface area contributed by atoms with Gasteiger partial charge in [-0.3, -0.25) is 0 Å². The van der Waals surface area contributed by atoms with Crippen molar-refractivity contribution in [2.45, 2.75) is 44.8 Å². The van der Waals surface area contributed by atoms with E-state index in [-0.39, 0.29) is 6.29 Å². The van der Waals surface area contributed by atoms with Crippen LogP contribution in [0.5, 0.6) is 0 Å². The quantitative estimate of drug-likeness (QED) is 0.482. The summed E-state index contributed by atoms with van der Waals surface area (Å²) in [4.78, 5) is 3.31. The summed E-state index contributed by atoms with van der Waals surface area (Å²) in [6.07, 6.45) is 6.63. The molecule has 1 heterocycles. The first-order chi connectivity index (χ1) is 6.93. The lowest BCUT2D eigenvalue weighted by molar-refractivity contribution is -0.162. The van der Waals surface area contributed by atoms with E-state index in [2.05, 4.69) is 4.85 Å². The van der Waals surface area contributed by atoms with E-state index in [1.165, 1.54) is 12.8 Å². The second kappa shape index (κ2) is 7.78. The summed E-state index contributed by atoms with van der Waals surface area (Å²) in [5.74, 6) is 0. The molecule has 0 spiro atoms. The van der Waals surface area contributed by atoms with Gasteiger partial charge in [-0.2, -0.15) is 0 Å². The zero-order valence-corrected chi connectivity index (χ0v) is 8.71. The van der Waals surface area contributed by atoms with Crippen molar-refractivity contribution in [3.8, 4) is 0 Å². The molecule has 3 heteroatoms. The van der Waals surface area contributed by atoms with E-state index in [1.807, 2.05) is 0 Å². The number of ether oxygens (including phenoxy) is 2. The Hall–Kier alpha value is -0.590. The highest BCUT2D eigenvalue weighted by Gasteiger charge is 2.13. The Kier molecular flexibility index (Phi) is 6.38. The normalized spacial score (nSPS) is 21.8. The van der Waals surface area contributed by atoms with Crippen molar-refractivity contribution in [1.82, 2.24) is 0 Å². The maximum absolute atomic E-state index is 6.62. The highest BCUT2D eigenvalue weighted by atomic mass is 16.7. The lowest BCUT2D eigenvalue weighted by Crippen LogP contribution is -2.22. The zero-order chi connectivity index (χ0) is 10.1. The fourth-order valence-corrected chi connectivity index (χ4v) is 1.53. The molecule has 1 aliphatic heterocycles.